The maximum atomic E-state index is 11.4. The number of aromatic nitrogens is 3. The van der Waals surface area contributed by atoms with E-state index in [0.717, 1.165) is 29.8 Å². The topological polar surface area (TPSA) is 89.2 Å². The number of sulfone groups is 1. The van der Waals surface area contributed by atoms with E-state index in [0.29, 0.717) is 19.5 Å². The van der Waals surface area contributed by atoms with Crippen molar-refractivity contribution in [1.82, 2.24) is 19.9 Å². The lowest BCUT2D eigenvalue weighted by molar-refractivity contribution is 0.223. The molecule has 0 spiro atoms. The van der Waals surface area contributed by atoms with Crippen LogP contribution in [0.25, 0.3) is 0 Å². The van der Waals surface area contributed by atoms with Gasteiger partial charge >= 0.3 is 0 Å². The van der Waals surface area contributed by atoms with Gasteiger partial charge in [0.1, 0.15) is 5.76 Å². The molecule has 0 aromatic carbocycles. The fourth-order valence-corrected chi connectivity index (χ4v) is 2.73. The largest absolute Gasteiger partial charge is 0.447 e. The van der Waals surface area contributed by atoms with E-state index < -0.39 is 9.84 Å². The van der Waals surface area contributed by atoms with Crippen molar-refractivity contribution in [2.75, 3.05) is 12.8 Å². The minimum atomic E-state index is -3.35. The molecule has 8 heteroatoms. The first-order valence-electron chi connectivity index (χ1n) is 6.17. The van der Waals surface area contributed by atoms with Crippen LogP contribution in [0.5, 0.6) is 0 Å². The molecule has 0 bridgehead atoms. The smallest absolute Gasteiger partial charge is 0.246 e. The number of oxazole rings is 1. The van der Waals surface area contributed by atoms with Gasteiger partial charge in [0, 0.05) is 37.5 Å². The molecule has 1 aliphatic heterocycles. The Kier molecular flexibility index (Phi) is 3.27. The Balaban J connectivity index is 1.79. The molecule has 3 rings (SSSR count). The van der Waals surface area contributed by atoms with Crippen molar-refractivity contribution >= 4 is 9.84 Å². The molecule has 106 valence electrons. The summed E-state index contributed by atoms with van der Waals surface area (Å²) in [6, 6.07) is 0. The maximum absolute atomic E-state index is 11.4. The highest BCUT2D eigenvalue weighted by Gasteiger charge is 2.21. The molecule has 0 N–H and O–H groups in total. The summed E-state index contributed by atoms with van der Waals surface area (Å²) in [5.41, 5.74) is 1.78. The summed E-state index contributed by atoms with van der Waals surface area (Å²) in [6.45, 7) is 2.15. The molecule has 0 unspecified atom stereocenters. The number of rotatable bonds is 3. The summed E-state index contributed by atoms with van der Waals surface area (Å²) in [5.74, 6) is 0.808. The summed E-state index contributed by atoms with van der Waals surface area (Å²) < 4.78 is 28.1. The lowest BCUT2D eigenvalue weighted by atomic mass is 10.1. The molecule has 3 heterocycles. The molecule has 0 saturated heterocycles. The van der Waals surface area contributed by atoms with E-state index in [9.17, 15) is 8.42 Å². The van der Waals surface area contributed by atoms with Gasteiger partial charge in [-0.3, -0.25) is 4.90 Å². The van der Waals surface area contributed by atoms with E-state index >= 15 is 0 Å². The zero-order valence-corrected chi connectivity index (χ0v) is 11.8. The van der Waals surface area contributed by atoms with E-state index in [1.807, 2.05) is 0 Å². The molecule has 1 aliphatic rings. The van der Waals surface area contributed by atoms with Gasteiger partial charge in [-0.05, 0) is 0 Å². The monoisotopic (exact) mass is 294 g/mol. The Labute approximate surface area is 116 Å². The van der Waals surface area contributed by atoms with Crippen LogP contribution >= 0.6 is 0 Å². The van der Waals surface area contributed by atoms with E-state index in [1.165, 1.54) is 6.39 Å². The number of fused-ring (bicyclic) bond motifs is 1. The van der Waals surface area contributed by atoms with Crippen LogP contribution in [0.3, 0.4) is 0 Å². The van der Waals surface area contributed by atoms with Crippen LogP contribution in [0.2, 0.25) is 0 Å². The normalized spacial score (nSPS) is 16.1. The lowest BCUT2D eigenvalue weighted by Gasteiger charge is -2.26. The Morgan fingerprint density at radius 3 is 2.95 bits per heavy atom. The Hall–Kier alpha value is -1.80. The third kappa shape index (κ3) is 2.70. The van der Waals surface area contributed by atoms with Gasteiger partial charge in [-0.2, -0.15) is 0 Å². The van der Waals surface area contributed by atoms with Crippen molar-refractivity contribution < 1.29 is 12.8 Å². The average molecular weight is 294 g/mol. The summed E-state index contributed by atoms with van der Waals surface area (Å²) in [6.07, 6.45) is 6.53. The molecule has 0 amide bonds. The van der Waals surface area contributed by atoms with Gasteiger partial charge in [-0.25, -0.2) is 23.4 Å². The quantitative estimate of drug-likeness (QED) is 0.758. The minimum absolute atomic E-state index is 0.0973. The zero-order valence-electron chi connectivity index (χ0n) is 11.0. The molecule has 0 fully saturated rings. The molecule has 0 saturated carbocycles. The van der Waals surface area contributed by atoms with E-state index in [2.05, 4.69) is 19.9 Å². The fourth-order valence-electron chi connectivity index (χ4n) is 2.21. The predicted molar refractivity (Wildman–Crippen MR) is 69.5 cm³/mol. The van der Waals surface area contributed by atoms with Crippen LogP contribution in [0, 0.1) is 0 Å². The number of nitrogens with zero attached hydrogens (tertiary/aromatic N) is 4. The van der Waals surface area contributed by atoms with Gasteiger partial charge in [0.05, 0.1) is 18.4 Å². The van der Waals surface area contributed by atoms with Crippen molar-refractivity contribution in [2.45, 2.75) is 24.7 Å². The number of hydrogen-bond donors (Lipinski definition) is 0. The molecule has 0 atom stereocenters. The SMILES string of the molecule is CS(=O)(=O)c1ncc2c(n1)CCN(Cc1cnco1)C2. The Morgan fingerprint density at radius 2 is 2.25 bits per heavy atom. The molecular weight excluding hydrogens is 280 g/mol. The molecular formula is C12H14N4O3S. The Morgan fingerprint density at radius 1 is 1.40 bits per heavy atom. The van der Waals surface area contributed by atoms with Gasteiger partial charge in [-0.1, -0.05) is 0 Å². The first-order chi connectivity index (χ1) is 9.52. The van der Waals surface area contributed by atoms with E-state index in [4.69, 9.17) is 4.42 Å². The highest BCUT2D eigenvalue weighted by Crippen LogP contribution is 2.19. The second-order valence-electron chi connectivity index (χ2n) is 4.83. The second kappa shape index (κ2) is 4.95. The van der Waals surface area contributed by atoms with Crippen LogP contribution in [0.15, 0.2) is 28.4 Å². The first-order valence-corrected chi connectivity index (χ1v) is 8.06. The summed E-state index contributed by atoms with van der Waals surface area (Å²) in [7, 11) is -3.35. The lowest BCUT2D eigenvalue weighted by Crippen LogP contribution is -2.31. The number of hydrogen-bond acceptors (Lipinski definition) is 7. The highest BCUT2D eigenvalue weighted by atomic mass is 32.2. The van der Waals surface area contributed by atoms with Crippen LogP contribution < -0.4 is 0 Å². The van der Waals surface area contributed by atoms with Gasteiger partial charge in [0.15, 0.2) is 6.39 Å². The van der Waals surface area contributed by atoms with Crippen LogP contribution in [0.1, 0.15) is 17.0 Å². The third-order valence-corrected chi connectivity index (χ3v) is 4.05. The van der Waals surface area contributed by atoms with Crippen LogP contribution in [-0.4, -0.2) is 41.1 Å². The molecule has 2 aromatic heterocycles. The summed E-state index contributed by atoms with van der Waals surface area (Å²) in [4.78, 5) is 14.2. The molecule has 0 aliphatic carbocycles. The fraction of sp³-hybridized carbons (Fsp3) is 0.417. The zero-order chi connectivity index (χ0) is 14.2. The van der Waals surface area contributed by atoms with Crippen molar-refractivity contribution in [2.24, 2.45) is 0 Å². The predicted octanol–water partition coefficient (Wildman–Crippen LogP) is 0.426. The van der Waals surface area contributed by atoms with Crippen molar-refractivity contribution in [1.29, 1.82) is 0 Å². The average Bonchev–Trinajstić information content (AvgIpc) is 2.90. The summed E-state index contributed by atoms with van der Waals surface area (Å²) >= 11 is 0. The maximum Gasteiger partial charge on any atom is 0.246 e. The molecule has 0 radical (unpaired) electrons. The van der Waals surface area contributed by atoms with Crippen molar-refractivity contribution in [3.8, 4) is 0 Å². The third-order valence-electron chi connectivity index (χ3n) is 3.19. The first kappa shape index (κ1) is 13.2. The van der Waals surface area contributed by atoms with Crippen molar-refractivity contribution in [3.05, 3.63) is 35.8 Å². The van der Waals surface area contributed by atoms with Gasteiger partial charge in [-0.15, -0.1) is 0 Å². The van der Waals surface area contributed by atoms with Gasteiger partial charge in [0.25, 0.3) is 0 Å². The van der Waals surface area contributed by atoms with E-state index in [-0.39, 0.29) is 5.16 Å². The molecule has 7 nitrogen and oxygen atoms in total. The second-order valence-corrected chi connectivity index (χ2v) is 6.73. The van der Waals surface area contributed by atoms with Crippen molar-refractivity contribution in [3.63, 3.8) is 0 Å². The van der Waals surface area contributed by atoms with Crippen LogP contribution in [0.4, 0.5) is 0 Å². The minimum Gasteiger partial charge on any atom is -0.447 e. The highest BCUT2D eigenvalue weighted by molar-refractivity contribution is 7.90. The van der Waals surface area contributed by atoms with Gasteiger partial charge in [0.2, 0.25) is 15.0 Å². The summed E-state index contributed by atoms with van der Waals surface area (Å²) in [5, 5.41) is -0.0973. The molecule has 20 heavy (non-hydrogen) atoms. The van der Waals surface area contributed by atoms with Gasteiger partial charge < -0.3 is 4.42 Å². The van der Waals surface area contributed by atoms with E-state index in [1.54, 1.807) is 12.4 Å². The molecule has 2 aromatic rings. The van der Waals surface area contributed by atoms with Crippen LogP contribution in [-0.2, 0) is 29.3 Å². The standard InChI is InChI=1S/C12H14N4O3S/c1-20(17,18)12-14-4-9-6-16(3-2-11(9)15-12)7-10-5-13-8-19-10/h4-5,8H,2-3,6-7H2,1H3. The Bertz CT molecular complexity index is 712.